The van der Waals surface area contributed by atoms with Gasteiger partial charge in [-0.15, -0.1) is 0 Å². The molecule has 2 rings (SSSR count). The van der Waals surface area contributed by atoms with Crippen LogP contribution in [-0.2, 0) is 21.2 Å². The summed E-state index contributed by atoms with van der Waals surface area (Å²) in [5.41, 5.74) is 0.833. The van der Waals surface area contributed by atoms with E-state index in [0.717, 1.165) is 18.4 Å². The average Bonchev–Trinajstić information content (AvgIpc) is 2.36. The number of carbonyl (C=O) groups is 1. The van der Waals surface area contributed by atoms with Crippen LogP contribution in [0.3, 0.4) is 0 Å². The molecule has 0 saturated carbocycles. The molecule has 0 spiro atoms. The van der Waals surface area contributed by atoms with E-state index in [9.17, 15) is 13.2 Å². The lowest BCUT2D eigenvalue weighted by Crippen LogP contribution is -2.29. The number of benzene rings is 1. The van der Waals surface area contributed by atoms with Gasteiger partial charge in [-0.05, 0) is 36.6 Å². The molecule has 0 unspecified atom stereocenters. The summed E-state index contributed by atoms with van der Waals surface area (Å²) >= 11 is 0. The van der Waals surface area contributed by atoms with Crippen molar-refractivity contribution in [1.29, 1.82) is 0 Å². The molecule has 1 heterocycles. The molecule has 0 fully saturated rings. The number of nitrogens with one attached hydrogen (secondary N) is 1. The van der Waals surface area contributed by atoms with E-state index in [4.69, 9.17) is 9.84 Å². The largest absolute Gasteiger partial charge is 0.493 e. The Bertz CT molecular complexity index is 567. The molecule has 1 aromatic carbocycles. The second-order valence-electron chi connectivity index (χ2n) is 3.94. The summed E-state index contributed by atoms with van der Waals surface area (Å²) in [5.74, 6) is -0.529. The van der Waals surface area contributed by atoms with Crippen LogP contribution in [0.15, 0.2) is 23.1 Å². The SMILES string of the molecule is O=C(O)CNS(=O)(=O)c1ccc2c(c1)CCCO2. The highest BCUT2D eigenvalue weighted by atomic mass is 32.2. The Morgan fingerprint density at radius 3 is 2.94 bits per heavy atom. The van der Waals surface area contributed by atoms with Crippen molar-refractivity contribution >= 4 is 16.0 Å². The fourth-order valence-electron chi connectivity index (χ4n) is 1.74. The lowest BCUT2D eigenvalue weighted by molar-refractivity contribution is -0.135. The number of aryl methyl sites for hydroxylation is 1. The lowest BCUT2D eigenvalue weighted by atomic mass is 10.1. The van der Waals surface area contributed by atoms with Gasteiger partial charge in [0.15, 0.2) is 0 Å². The summed E-state index contributed by atoms with van der Waals surface area (Å²) in [4.78, 5) is 10.4. The van der Waals surface area contributed by atoms with Crippen LogP contribution in [0.25, 0.3) is 0 Å². The van der Waals surface area contributed by atoms with Crippen molar-refractivity contribution in [3.05, 3.63) is 23.8 Å². The summed E-state index contributed by atoms with van der Waals surface area (Å²) in [6.45, 7) is 0.00623. The number of hydrogen-bond donors (Lipinski definition) is 2. The zero-order valence-electron chi connectivity index (χ0n) is 9.55. The van der Waals surface area contributed by atoms with Gasteiger partial charge in [-0.1, -0.05) is 0 Å². The van der Waals surface area contributed by atoms with E-state index in [1.54, 1.807) is 6.07 Å². The molecular formula is C11H13NO5S. The second kappa shape index (κ2) is 4.95. The Kier molecular flexibility index (Phi) is 3.53. The Hall–Kier alpha value is -1.60. The standard InChI is InChI=1S/C11H13NO5S/c13-11(14)7-12-18(15,16)9-3-4-10-8(6-9)2-1-5-17-10/h3-4,6,12H,1-2,5,7H2,(H,13,14). The summed E-state index contributed by atoms with van der Waals surface area (Å²) in [6.07, 6.45) is 1.61. The quantitative estimate of drug-likeness (QED) is 0.825. The highest BCUT2D eigenvalue weighted by molar-refractivity contribution is 7.89. The molecule has 7 heteroatoms. The molecule has 1 aromatic rings. The van der Waals surface area contributed by atoms with E-state index >= 15 is 0 Å². The first kappa shape index (κ1) is 12.8. The minimum Gasteiger partial charge on any atom is -0.493 e. The van der Waals surface area contributed by atoms with Gasteiger partial charge in [0, 0.05) is 0 Å². The monoisotopic (exact) mass is 271 g/mol. The average molecular weight is 271 g/mol. The van der Waals surface area contributed by atoms with Crippen LogP contribution in [-0.4, -0.2) is 32.6 Å². The van der Waals surface area contributed by atoms with Crippen LogP contribution in [0.4, 0.5) is 0 Å². The molecule has 0 amide bonds. The van der Waals surface area contributed by atoms with E-state index in [1.807, 2.05) is 4.72 Å². The Morgan fingerprint density at radius 2 is 2.22 bits per heavy atom. The predicted molar refractivity (Wildman–Crippen MR) is 63.1 cm³/mol. The Morgan fingerprint density at radius 1 is 1.44 bits per heavy atom. The number of rotatable bonds is 4. The smallest absolute Gasteiger partial charge is 0.318 e. The van der Waals surface area contributed by atoms with Gasteiger partial charge in [-0.25, -0.2) is 8.42 Å². The number of sulfonamides is 1. The number of ether oxygens (including phenoxy) is 1. The molecule has 6 nitrogen and oxygen atoms in total. The predicted octanol–water partition coefficient (Wildman–Crippen LogP) is 0.375. The maximum atomic E-state index is 11.8. The fraction of sp³-hybridized carbons (Fsp3) is 0.364. The van der Waals surface area contributed by atoms with Crippen LogP contribution in [0, 0.1) is 0 Å². The van der Waals surface area contributed by atoms with Crippen LogP contribution >= 0.6 is 0 Å². The highest BCUT2D eigenvalue weighted by Crippen LogP contribution is 2.27. The van der Waals surface area contributed by atoms with Crippen molar-refractivity contribution in [2.24, 2.45) is 0 Å². The van der Waals surface area contributed by atoms with Gasteiger partial charge in [0.1, 0.15) is 12.3 Å². The molecule has 2 N–H and O–H groups in total. The van der Waals surface area contributed by atoms with Gasteiger partial charge in [0.2, 0.25) is 10.0 Å². The molecule has 1 aliphatic heterocycles. The topological polar surface area (TPSA) is 92.7 Å². The van der Waals surface area contributed by atoms with Gasteiger partial charge in [-0.2, -0.15) is 4.72 Å². The van der Waals surface area contributed by atoms with Gasteiger partial charge < -0.3 is 9.84 Å². The normalized spacial score (nSPS) is 14.7. The van der Waals surface area contributed by atoms with Crippen LogP contribution in [0.2, 0.25) is 0 Å². The van der Waals surface area contributed by atoms with Gasteiger partial charge in [-0.3, -0.25) is 4.79 Å². The maximum Gasteiger partial charge on any atom is 0.318 e. The van der Waals surface area contributed by atoms with Crippen molar-refractivity contribution in [2.75, 3.05) is 13.2 Å². The highest BCUT2D eigenvalue weighted by Gasteiger charge is 2.18. The number of aliphatic carboxylic acids is 1. The summed E-state index contributed by atoms with van der Waals surface area (Å²) in [5, 5.41) is 8.47. The molecule has 98 valence electrons. The Labute approximate surface area is 105 Å². The first-order chi connectivity index (χ1) is 8.49. The minimum atomic E-state index is -3.78. The molecule has 0 aliphatic carbocycles. The molecule has 0 aromatic heterocycles. The Balaban J connectivity index is 2.25. The second-order valence-corrected chi connectivity index (χ2v) is 5.71. The van der Waals surface area contributed by atoms with Gasteiger partial charge in [0.25, 0.3) is 0 Å². The van der Waals surface area contributed by atoms with E-state index in [-0.39, 0.29) is 4.90 Å². The summed E-state index contributed by atoms with van der Waals surface area (Å²) in [7, 11) is -3.78. The zero-order valence-corrected chi connectivity index (χ0v) is 10.4. The molecule has 0 atom stereocenters. The third-order valence-corrected chi connectivity index (χ3v) is 4.00. The van der Waals surface area contributed by atoms with Crippen molar-refractivity contribution < 1.29 is 23.1 Å². The number of carboxylic acid groups (broad SMARTS) is 1. The first-order valence-electron chi connectivity index (χ1n) is 5.46. The lowest BCUT2D eigenvalue weighted by Gasteiger charge is -2.17. The van der Waals surface area contributed by atoms with Gasteiger partial charge in [0.05, 0.1) is 11.5 Å². The number of fused-ring (bicyclic) bond motifs is 1. The molecule has 1 aliphatic rings. The van der Waals surface area contributed by atoms with E-state index in [1.165, 1.54) is 12.1 Å². The van der Waals surface area contributed by atoms with Crippen LogP contribution in [0.1, 0.15) is 12.0 Å². The fourth-order valence-corrected chi connectivity index (χ4v) is 2.77. The van der Waals surface area contributed by atoms with E-state index in [2.05, 4.69) is 0 Å². The van der Waals surface area contributed by atoms with Gasteiger partial charge >= 0.3 is 5.97 Å². The van der Waals surface area contributed by atoms with Crippen LogP contribution in [0.5, 0.6) is 5.75 Å². The zero-order chi connectivity index (χ0) is 13.2. The van der Waals surface area contributed by atoms with E-state index in [0.29, 0.717) is 12.4 Å². The number of carboxylic acids is 1. The van der Waals surface area contributed by atoms with Crippen molar-refractivity contribution in [3.8, 4) is 5.75 Å². The third kappa shape index (κ3) is 2.80. The number of hydrogen-bond acceptors (Lipinski definition) is 4. The van der Waals surface area contributed by atoms with E-state index < -0.39 is 22.5 Å². The molecular weight excluding hydrogens is 258 g/mol. The van der Waals surface area contributed by atoms with Crippen molar-refractivity contribution in [1.82, 2.24) is 4.72 Å². The minimum absolute atomic E-state index is 0.0630. The molecule has 0 saturated heterocycles. The molecule has 0 bridgehead atoms. The summed E-state index contributed by atoms with van der Waals surface area (Å²) < 4.78 is 31.0. The first-order valence-corrected chi connectivity index (χ1v) is 6.94. The third-order valence-electron chi connectivity index (χ3n) is 2.60. The van der Waals surface area contributed by atoms with Crippen LogP contribution < -0.4 is 9.46 Å². The molecule has 18 heavy (non-hydrogen) atoms. The summed E-state index contributed by atoms with van der Waals surface area (Å²) in [6, 6.07) is 4.54. The maximum absolute atomic E-state index is 11.8. The van der Waals surface area contributed by atoms with Crippen molar-refractivity contribution in [2.45, 2.75) is 17.7 Å². The van der Waals surface area contributed by atoms with Crippen molar-refractivity contribution in [3.63, 3.8) is 0 Å². The molecule has 0 radical (unpaired) electrons.